The maximum absolute atomic E-state index is 12.6. The van der Waals surface area contributed by atoms with Crippen molar-refractivity contribution < 1.29 is 17.9 Å². The summed E-state index contributed by atoms with van der Waals surface area (Å²) in [7, 11) is -3.09. The van der Waals surface area contributed by atoms with Crippen LogP contribution in [0.1, 0.15) is 18.9 Å². The number of thioether (sulfide) groups is 1. The van der Waals surface area contributed by atoms with Crippen molar-refractivity contribution in [3.05, 3.63) is 60.2 Å². The Hall–Kier alpha value is -2.32. The molecule has 0 bridgehead atoms. The third kappa shape index (κ3) is 4.70. The number of nitrogens with zero attached hydrogens (tertiary/aromatic N) is 2. The first kappa shape index (κ1) is 20.9. The summed E-state index contributed by atoms with van der Waals surface area (Å²) in [6.07, 6.45) is 0.949. The van der Waals surface area contributed by atoms with E-state index in [1.807, 2.05) is 66.4 Å². The SMILES string of the molecule is CCOc1ccc(N2C(=NC(=O)CCc3ccccc3)S[C@H]3CS(=O)(=O)C[C@H]32)cc1. The van der Waals surface area contributed by atoms with Gasteiger partial charge in [0.25, 0.3) is 0 Å². The minimum absolute atomic E-state index is 0.0785. The molecule has 0 radical (unpaired) electrons. The van der Waals surface area contributed by atoms with Gasteiger partial charge >= 0.3 is 0 Å². The highest BCUT2D eigenvalue weighted by Gasteiger charge is 2.49. The molecule has 4 rings (SSSR count). The standard InChI is InChI=1S/C22H24N2O4S2/c1-2-28-18-11-9-17(10-12-18)24-19-14-30(26,27)15-20(19)29-22(24)23-21(25)13-8-16-6-4-3-5-7-16/h3-7,9-12,19-20H,2,8,13-15H2,1H3/t19-,20+/m1/s1. The molecule has 2 aromatic rings. The van der Waals surface area contributed by atoms with Gasteiger partial charge in [-0.25, -0.2) is 8.42 Å². The lowest BCUT2D eigenvalue weighted by Crippen LogP contribution is -2.37. The van der Waals surface area contributed by atoms with Crippen LogP contribution in [0.25, 0.3) is 0 Å². The fraction of sp³-hybridized carbons (Fsp3) is 0.364. The summed E-state index contributed by atoms with van der Waals surface area (Å²) < 4.78 is 29.9. The zero-order valence-corrected chi connectivity index (χ0v) is 18.4. The summed E-state index contributed by atoms with van der Waals surface area (Å²) in [5.41, 5.74) is 1.92. The molecule has 2 aliphatic heterocycles. The zero-order chi connectivity index (χ0) is 21.1. The normalized spacial score (nSPS) is 23.5. The van der Waals surface area contributed by atoms with Crippen LogP contribution >= 0.6 is 11.8 Å². The molecule has 2 aliphatic rings. The summed E-state index contributed by atoms with van der Waals surface area (Å²) in [5.74, 6) is 0.753. The number of amidine groups is 1. The van der Waals surface area contributed by atoms with Gasteiger partial charge in [0.2, 0.25) is 5.91 Å². The summed E-state index contributed by atoms with van der Waals surface area (Å²) in [6.45, 7) is 2.50. The van der Waals surface area contributed by atoms with E-state index in [2.05, 4.69) is 4.99 Å². The average molecular weight is 445 g/mol. The van der Waals surface area contributed by atoms with Crippen molar-refractivity contribution in [2.45, 2.75) is 31.1 Å². The minimum Gasteiger partial charge on any atom is -0.494 e. The van der Waals surface area contributed by atoms with E-state index in [-0.39, 0.29) is 28.7 Å². The molecule has 0 aromatic heterocycles. The molecule has 30 heavy (non-hydrogen) atoms. The highest BCUT2D eigenvalue weighted by molar-refractivity contribution is 8.16. The highest BCUT2D eigenvalue weighted by atomic mass is 32.2. The lowest BCUT2D eigenvalue weighted by molar-refractivity contribution is -0.117. The van der Waals surface area contributed by atoms with Gasteiger partial charge in [-0.1, -0.05) is 42.1 Å². The van der Waals surface area contributed by atoms with E-state index in [1.165, 1.54) is 11.8 Å². The Balaban J connectivity index is 1.56. The van der Waals surface area contributed by atoms with Gasteiger partial charge < -0.3 is 9.64 Å². The van der Waals surface area contributed by atoms with Crippen molar-refractivity contribution in [2.24, 2.45) is 4.99 Å². The number of benzene rings is 2. The number of aryl methyl sites for hydroxylation is 1. The number of ether oxygens (including phenoxy) is 1. The molecular weight excluding hydrogens is 420 g/mol. The van der Waals surface area contributed by atoms with Crippen LogP contribution < -0.4 is 9.64 Å². The van der Waals surface area contributed by atoms with Crippen molar-refractivity contribution >= 4 is 38.4 Å². The van der Waals surface area contributed by atoms with Crippen molar-refractivity contribution in [1.82, 2.24) is 0 Å². The lowest BCUT2D eigenvalue weighted by atomic mass is 10.1. The van der Waals surface area contributed by atoms with Crippen molar-refractivity contribution in [3.63, 3.8) is 0 Å². The van der Waals surface area contributed by atoms with E-state index in [9.17, 15) is 13.2 Å². The van der Waals surface area contributed by atoms with E-state index >= 15 is 0 Å². The fourth-order valence-corrected chi connectivity index (χ4v) is 7.73. The Morgan fingerprint density at radius 3 is 2.57 bits per heavy atom. The minimum atomic E-state index is -3.09. The molecule has 0 unspecified atom stereocenters. The molecule has 6 nitrogen and oxygen atoms in total. The topological polar surface area (TPSA) is 76.0 Å². The number of anilines is 1. The maximum atomic E-state index is 12.6. The second-order valence-corrected chi connectivity index (χ2v) is 10.7. The van der Waals surface area contributed by atoms with Crippen LogP contribution in [-0.4, -0.2) is 48.9 Å². The molecule has 0 aliphatic carbocycles. The molecule has 0 saturated carbocycles. The molecular formula is C22H24N2O4S2. The molecule has 1 amide bonds. The number of aliphatic imine (C=N–C) groups is 1. The van der Waals surface area contributed by atoms with Gasteiger partial charge in [-0.2, -0.15) is 4.99 Å². The van der Waals surface area contributed by atoms with Gasteiger partial charge in [0.1, 0.15) is 5.75 Å². The van der Waals surface area contributed by atoms with Crippen LogP contribution in [0.3, 0.4) is 0 Å². The molecule has 158 valence electrons. The van der Waals surface area contributed by atoms with Crippen molar-refractivity contribution in [3.8, 4) is 5.75 Å². The van der Waals surface area contributed by atoms with Gasteiger partial charge in [-0.05, 0) is 43.2 Å². The van der Waals surface area contributed by atoms with Crippen molar-refractivity contribution in [2.75, 3.05) is 23.0 Å². The van der Waals surface area contributed by atoms with Crippen LogP contribution in [0.5, 0.6) is 5.75 Å². The van der Waals surface area contributed by atoms with E-state index < -0.39 is 9.84 Å². The summed E-state index contributed by atoms with van der Waals surface area (Å²) in [4.78, 5) is 18.9. The molecule has 0 N–H and O–H groups in total. The fourth-order valence-electron chi connectivity index (χ4n) is 3.79. The van der Waals surface area contributed by atoms with Gasteiger partial charge in [0.05, 0.1) is 24.2 Å². The zero-order valence-electron chi connectivity index (χ0n) is 16.7. The highest BCUT2D eigenvalue weighted by Crippen LogP contribution is 2.41. The number of carbonyl (C=O) groups excluding carboxylic acids is 1. The molecule has 2 atom stereocenters. The van der Waals surface area contributed by atoms with Crippen LogP contribution in [0.2, 0.25) is 0 Å². The Morgan fingerprint density at radius 2 is 1.87 bits per heavy atom. The van der Waals surface area contributed by atoms with Crippen LogP contribution in [0.15, 0.2) is 59.6 Å². The summed E-state index contributed by atoms with van der Waals surface area (Å²) in [5, 5.41) is 0.476. The van der Waals surface area contributed by atoms with Gasteiger partial charge in [0.15, 0.2) is 15.0 Å². The molecule has 2 heterocycles. The van der Waals surface area contributed by atoms with Crippen molar-refractivity contribution in [1.29, 1.82) is 0 Å². The number of fused-ring (bicyclic) bond motifs is 1. The van der Waals surface area contributed by atoms with Gasteiger partial charge in [0, 0.05) is 17.4 Å². The third-order valence-electron chi connectivity index (χ3n) is 5.18. The Morgan fingerprint density at radius 1 is 1.13 bits per heavy atom. The molecule has 0 spiro atoms. The third-order valence-corrected chi connectivity index (χ3v) is 8.39. The molecule has 8 heteroatoms. The first-order valence-electron chi connectivity index (χ1n) is 10.00. The monoisotopic (exact) mass is 444 g/mol. The maximum Gasteiger partial charge on any atom is 0.248 e. The summed E-state index contributed by atoms with van der Waals surface area (Å²) in [6, 6.07) is 17.1. The predicted octanol–water partition coefficient (Wildman–Crippen LogP) is 3.32. The molecule has 2 fully saturated rings. The number of hydrogen-bond donors (Lipinski definition) is 0. The number of sulfone groups is 1. The van der Waals surface area contributed by atoms with Crippen LogP contribution in [0.4, 0.5) is 5.69 Å². The van der Waals surface area contributed by atoms with Crippen LogP contribution in [0, 0.1) is 0 Å². The smallest absolute Gasteiger partial charge is 0.248 e. The Bertz CT molecular complexity index is 1040. The molecule has 2 aromatic carbocycles. The quantitative estimate of drug-likeness (QED) is 0.680. The lowest BCUT2D eigenvalue weighted by Gasteiger charge is -2.24. The predicted molar refractivity (Wildman–Crippen MR) is 121 cm³/mol. The van der Waals surface area contributed by atoms with Gasteiger partial charge in [-0.15, -0.1) is 0 Å². The average Bonchev–Trinajstić information content (AvgIpc) is 3.19. The van der Waals surface area contributed by atoms with Gasteiger partial charge in [-0.3, -0.25) is 4.79 Å². The first-order valence-corrected chi connectivity index (χ1v) is 12.7. The van der Waals surface area contributed by atoms with E-state index in [1.54, 1.807) is 0 Å². The van der Waals surface area contributed by atoms with Crippen LogP contribution in [-0.2, 0) is 21.1 Å². The second-order valence-electron chi connectivity index (χ2n) is 7.37. The number of amides is 1. The number of carbonyl (C=O) groups is 1. The Labute approximate surface area is 181 Å². The largest absolute Gasteiger partial charge is 0.494 e. The van der Waals surface area contributed by atoms with E-state index in [0.717, 1.165) is 17.0 Å². The Kier molecular flexibility index (Phi) is 6.15. The first-order chi connectivity index (χ1) is 14.4. The molecule has 2 saturated heterocycles. The van der Waals surface area contributed by atoms with E-state index in [4.69, 9.17) is 4.74 Å². The second kappa shape index (κ2) is 8.81. The summed E-state index contributed by atoms with van der Waals surface area (Å²) >= 11 is 1.40. The number of hydrogen-bond acceptors (Lipinski definition) is 5. The number of rotatable bonds is 6. The van der Waals surface area contributed by atoms with E-state index in [0.29, 0.717) is 24.6 Å².